The first-order valence-corrected chi connectivity index (χ1v) is 9.50. The van der Waals surface area contributed by atoms with E-state index in [1.54, 1.807) is 0 Å². The molecule has 0 saturated heterocycles. The van der Waals surface area contributed by atoms with Crippen molar-refractivity contribution in [3.05, 3.63) is 0 Å². The first-order chi connectivity index (χ1) is 10.7. The van der Waals surface area contributed by atoms with Crippen molar-refractivity contribution in [3.63, 3.8) is 0 Å². The van der Waals surface area contributed by atoms with Crippen LogP contribution in [0.25, 0.3) is 0 Å². The van der Waals surface area contributed by atoms with Crippen molar-refractivity contribution in [2.45, 2.75) is 97.2 Å². The normalized spacial score (nSPS) is 23.5. The Morgan fingerprint density at radius 3 is 2.32 bits per heavy atom. The van der Waals surface area contributed by atoms with E-state index in [4.69, 9.17) is 9.47 Å². The van der Waals surface area contributed by atoms with Crippen molar-refractivity contribution in [1.82, 2.24) is 0 Å². The lowest BCUT2D eigenvalue weighted by Gasteiger charge is -2.18. The van der Waals surface area contributed by atoms with Gasteiger partial charge in [-0.2, -0.15) is 0 Å². The van der Waals surface area contributed by atoms with Gasteiger partial charge in [0, 0.05) is 25.6 Å². The van der Waals surface area contributed by atoms with Crippen LogP contribution in [0.4, 0.5) is 0 Å². The van der Waals surface area contributed by atoms with Crippen LogP contribution in [0.15, 0.2) is 0 Å². The molecule has 0 amide bonds. The second-order valence-corrected chi connectivity index (χ2v) is 6.57. The Bertz CT molecular complexity index is 278. The fourth-order valence-corrected chi connectivity index (χ4v) is 3.28. The molecule has 0 aliphatic heterocycles. The zero-order valence-corrected chi connectivity index (χ0v) is 14.8. The highest BCUT2D eigenvalue weighted by atomic mass is 16.7. The molecule has 0 radical (unpaired) electrons. The number of carbonyl (C=O) groups is 1. The van der Waals surface area contributed by atoms with Crippen molar-refractivity contribution in [3.8, 4) is 0 Å². The standard InChI is InChI=1S/C19H36O3/c1-3-21-17(2)22-16-12-14-18-13-10-8-6-4-5-7-9-11-15-19(18)20/h17-18H,3-16H2,1-2H3. The lowest BCUT2D eigenvalue weighted by Crippen LogP contribution is -2.17. The van der Waals surface area contributed by atoms with E-state index >= 15 is 0 Å². The van der Waals surface area contributed by atoms with Gasteiger partial charge in [0.2, 0.25) is 0 Å². The highest BCUT2D eigenvalue weighted by Gasteiger charge is 2.18. The Kier molecular flexibility index (Phi) is 11.7. The molecular weight excluding hydrogens is 276 g/mol. The van der Waals surface area contributed by atoms with Crippen LogP contribution in [0.5, 0.6) is 0 Å². The van der Waals surface area contributed by atoms with E-state index in [1.807, 2.05) is 13.8 Å². The molecule has 1 fully saturated rings. The Morgan fingerprint density at radius 2 is 1.64 bits per heavy atom. The lowest BCUT2D eigenvalue weighted by molar-refractivity contribution is -0.129. The van der Waals surface area contributed by atoms with Gasteiger partial charge in [0.05, 0.1) is 0 Å². The molecule has 1 rings (SSSR count). The van der Waals surface area contributed by atoms with E-state index in [2.05, 4.69) is 0 Å². The van der Waals surface area contributed by atoms with Crippen LogP contribution >= 0.6 is 0 Å². The summed E-state index contributed by atoms with van der Waals surface area (Å²) in [7, 11) is 0. The first kappa shape index (κ1) is 19.6. The maximum absolute atomic E-state index is 12.4. The minimum atomic E-state index is -0.128. The summed E-state index contributed by atoms with van der Waals surface area (Å²) in [6.07, 6.45) is 13.9. The quantitative estimate of drug-likeness (QED) is 0.475. The summed E-state index contributed by atoms with van der Waals surface area (Å²) in [5, 5.41) is 0. The Hall–Kier alpha value is -0.410. The molecule has 0 bridgehead atoms. The smallest absolute Gasteiger partial charge is 0.154 e. The molecule has 1 aliphatic rings. The van der Waals surface area contributed by atoms with Gasteiger partial charge < -0.3 is 9.47 Å². The largest absolute Gasteiger partial charge is 0.353 e. The Labute approximate surface area is 137 Å². The number of Topliss-reactive ketones (excluding diaryl/α,β-unsaturated/α-hetero) is 1. The summed E-state index contributed by atoms with van der Waals surface area (Å²) >= 11 is 0. The lowest BCUT2D eigenvalue weighted by atomic mass is 9.88. The molecule has 1 aliphatic carbocycles. The van der Waals surface area contributed by atoms with E-state index < -0.39 is 0 Å². The molecule has 0 aromatic rings. The third-order valence-electron chi connectivity index (χ3n) is 4.63. The summed E-state index contributed by atoms with van der Waals surface area (Å²) in [6.45, 7) is 5.29. The maximum Gasteiger partial charge on any atom is 0.154 e. The molecule has 3 heteroatoms. The average Bonchev–Trinajstić information content (AvgIpc) is 2.49. The molecule has 130 valence electrons. The summed E-state index contributed by atoms with van der Waals surface area (Å²) < 4.78 is 11.0. The predicted molar refractivity (Wildman–Crippen MR) is 90.9 cm³/mol. The molecule has 0 spiro atoms. The van der Waals surface area contributed by atoms with Gasteiger partial charge in [-0.05, 0) is 39.5 Å². The fraction of sp³-hybridized carbons (Fsp3) is 0.947. The van der Waals surface area contributed by atoms with Gasteiger partial charge in [-0.25, -0.2) is 0 Å². The van der Waals surface area contributed by atoms with Crippen LogP contribution in [0.3, 0.4) is 0 Å². The Morgan fingerprint density at radius 1 is 1.00 bits per heavy atom. The van der Waals surface area contributed by atoms with Crippen molar-refractivity contribution in [2.75, 3.05) is 13.2 Å². The summed E-state index contributed by atoms with van der Waals surface area (Å²) in [5.74, 6) is 0.767. The fourth-order valence-electron chi connectivity index (χ4n) is 3.28. The van der Waals surface area contributed by atoms with Crippen LogP contribution in [0.2, 0.25) is 0 Å². The van der Waals surface area contributed by atoms with Crippen LogP contribution in [0, 0.1) is 5.92 Å². The van der Waals surface area contributed by atoms with Crippen molar-refractivity contribution in [2.24, 2.45) is 5.92 Å². The van der Waals surface area contributed by atoms with Crippen molar-refractivity contribution in [1.29, 1.82) is 0 Å². The van der Waals surface area contributed by atoms with E-state index in [-0.39, 0.29) is 12.2 Å². The molecule has 0 aromatic carbocycles. The summed E-state index contributed by atoms with van der Waals surface area (Å²) in [4.78, 5) is 12.4. The topological polar surface area (TPSA) is 35.5 Å². The Balaban J connectivity index is 2.27. The van der Waals surface area contributed by atoms with Gasteiger partial charge in [-0.1, -0.05) is 44.9 Å². The number of hydrogen-bond donors (Lipinski definition) is 0. The second kappa shape index (κ2) is 13.1. The molecule has 2 atom stereocenters. The minimum Gasteiger partial charge on any atom is -0.353 e. The first-order valence-electron chi connectivity index (χ1n) is 9.50. The number of rotatable bonds is 7. The van der Waals surface area contributed by atoms with Gasteiger partial charge in [0.1, 0.15) is 5.78 Å². The van der Waals surface area contributed by atoms with Crippen molar-refractivity contribution < 1.29 is 14.3 Å². The molecule has 22 heavy (non-hydrogen) atoms. The minimum absolute atomic E-state index is 0.128. The number of hydrogen-bond acceptors (Lipinski definition) is 3. The third kappa shape index (κ3) is 9.58. The van der Waals surface area contributed by atoms with E-state index in [0.29, 0.717) is 19.0 Å². The monoisotopic (exact) mass is 312 g/mol. The maximum atomic E-state index is 12.4. The zero-order chi connectivity index (χ0) is 16.0. The summed E-state index contributed by atoms with van der Waals surface area (Å²) in [5.41, 5.74) is 0. The third-order valence-corrected chi connectivity index (χ3v) is 4.63. The average molecular weight is 312 g/mol. The highest BCUT2D eigenvalue weighted by Crippen LogP contribution is 2.22. The molecular formula is C19H36O3. The number of ketones is 1. The van der Waals surface area contributed by atoms with Crippen LogP contribution in [-0.2, 0) is 14.3 Å². The predicted octanol–water partition coefficient (Wildman–Crippen LogP) is 5.27. The van der Waals surface area contributed by atoms with Gasteiger partial charge in [0.25, 0.3) is 0 Å². The van der Waals surface area contributed by atoms with Crippen LogP contribution in [-0.4, -0.2) is 25.3 Å². The molecule has 1 saturated carbocycles. The van der Waals surface area contributed by atoms with E-state index in [1.165, 1.54) is 44.9 Å². The number of ether oxygens (including phenoxy) is 2. The van der Waals surface area contributed by atoms with Gasteiger partial charge in [-0.15, -0.1) is 0 Å². The number of carbonyl (C=O) groups excluding carboxylic acids is 1. The highest BCUT2D eigenvalue weighted by molar-refractivity contribution is 5.80. The van der Waals surface area contributed by atoms with Crippen molar-refractivity contribution >= 4 is 5.78 Å². The van der Waals surface area contributed by atoms with Crippen LogP contribution in [0.1, 0.15) is 90.9 Å². The molecule has 3 nitrogen and oxygen atoms in total. The van der Waals surface area contributed by atoms with E-state index in [0.717, 1.165) is 32.1 Å². The van der Waals surface area contributed by atoms with Gasteiger partial charge >= 0.3 is 0 Å². The van der Waals surface area contributed by atoms with Gasteiger partial charge in [0.15, 0.2) is 6.29 Å². The summed E-state index contributed by atoms with van der Waals surface area (Å²) in [6, 6.07) is 0. The van der Waals surface area contributed by atoms with E-state index in [9.17, 15) is 4.79 Å². The molecule has 0 N–H and O–H groups in total. The molecule has 0 heterocycles. The van der Waals surface area contributed by atoms with Crippen LogP contribution < -0.4 is 0 Å². The SMILES string of the molecule is CCOC(C)OCCCC1CCCCCCCCCCC1=O. The zero-order valence-electron chi connectivity index (χ0n) is 14.8. The molecule has 2 unspecified atom stereocenters. The second-order valence-electron chi connectivity index (χ2n) is 6.57. The van der Waals surface area contributed by atoms with Gasteiger partial charge in [-0.3, -0.25) is 4.79 Å². The molecule has 0 aromatic heterocycles.